The lowest BCUT2D eigenvalue weighted by atomic mass is 9.82. The van der Waals surface area contributed by atoms with E-state index in [1.54, 1.807) is 0 Å². The molecule has 1 aromatic rings. The molecular formula is C15H22O2. The lowest BCUT2D eigenvalue weighted by Gasteiger charge is -2.26. The number of hydrogen-bond acceptors (Lipinski definition) is 2. The molecule has 2 heteroatoms. The SMILES string of the molecule is CC(CO)c1ccc([C@H]2CCC[C@@H](O)C2)cc1. The Hall–Kier alpha value is -0.860. The molecule has 1 fully saturated rings. The van der Waals surface area contributed by atoms with E-state index in [0.29, 0.717) is 5.92 Å². The minimum atomic E-state index is -0.121. The fourth-order valence-electron chi connectivity index (χ4n) is 2.67. The average Bonchev–Trinajstić information content (AvgIpc) is 2.38. The van der Waals surface area contributed by atoms with Crippen LogP contribution in [0.4, 0.5) is 0 Å². The summed E-state index contributed by atoms with van der Waals surface area (Å²) >= 11 is 0. The van der Waals surface area contributed by atoms with Crippen LogP contribution in [0.25, 0.3) is 0 Å². The van der Waals surface area contributed by atoms with Crippen LogP contribution in [-0.2, 0) is 0 Å². The van der Waals surface area contributed by atoms with Gasteiger partial charge in [0, 0.05) is 12.5 Å². The third-order valence-corrected chi connectivity index (χ3v) is 3.90. The largest absolute Gasteiger partial charge is 0.396 e. The summed E-state index contributed by atoms with van der Waals surface area (Å²) in [6, 6.07) is 8.53. The fourth-order valence-corrected chi connectivity index (χ4v) is 2.67. The first kappa shape index (κ1) is 12.6. The van der Waals surface area contributed by atoms with Gasteiger partial charge in [-0.2, -0.15) is 0 Å². The van der Waals surface area contributed by atoms with Crippen LogP contribution in [0, 0.1) is 0 Å². The van der Waals surface area contributed by atoms with Gasteiger partial charge in [0.15, 0.2) is 0 Å². The molecule has 1 saturated carbocycles. The molecule has 17 heavy (non-hydrogen) atoms. The molecule has 3 atom stereocenters. The molecular weight excluding hydrogens is 212 g/mol. The van der Waals surface area contributed by atoms with Crippen molar-refractivity contribution in [1.82, 2.24) is 0 Å². The molecule has 94 valence electrons. The van der Waals surface area contributed by atoms with E-state index in [4.69, 9.17) is 5.11 Å². The first-order valence-corrected chi connectivity index (χ1v) is 6.59. The third-order valence-electron chi connectivity index (χ3n) is 3.90. The number of hydrogen-bond donors (Lipinski definition) is 2. The van der Waals surface area contributed by atoms with E-state index in [1.165, 1.54) is 17.5 Å². The summed E-state index contributed by atoms with van der Waals surface area (Å²) in [5.74, 6) is 0.721. The molecule has 0 heterocycles. The highest BCUT2D eigenvalue weighted by Gasteiger charge is 2.21. The highest BCUT2D eigenvalue weighted by atomic mass is 16.3. The molecule has 0 saturated heterocycles. The molecule has 1 aliphatic carbocycles. The van der Waals surface area contributed by atoms with Crippen LogP contribution in [0.2, 0.25) is 0 Å². The molecule has 0 radical (unpaired) electrons. The summed E-state index contributed by atoms with van der Waals surface area (Å²) in [6.45, 7) is 2.22. The van der Waals surface area contributed by atoms with Crippen LogP contribution in [0.15, 0.2) is 24.3 Å². The van der Waals surface area contributed by atoms with Crippen molar-refractivity contribution in [2.75, 3.05) is 6.61 Å². The topological polar surface area (TPSA) is 40.5 Å². The predicted octanol–water partition coefficient (Wildman–Crippen LogP) is 2.80. The van der Waals surface area contributed by atoms with Crippen LogP contribution in [0.3, 0.4) is 0 Å². The summed E-state index contributed by atoms with van der Waals surface area (Å²) < 4.78 is 0. The Kier molecular flexibility index (Phi) is 4.19. The van der Waals surface area contributed by atoms with E-state index in [1.807, 2.05) is 6.92 Å². The molecule has 0 spiro atoms. The minimum Gasteiger partial charge on any atom is -0.396 e. The van der Waals surface area contributed by atoms with Crippen LogP contribution in [0.5, 0.6) is 0 Å². The number of rotatable bonds is 3. The van der Waals surface area contributed by atoms with E-state index in [9.17, 15) is 5.11 Å². The maximum Gasteiger partial charge on any atom is 0.0546 e. The second-order valence-electron chi connectivity index (χ2n) is 5.27. The monoisotopic (exact) mass is 234 g/mol. The van der Waals surface area contributed by atoms with Gasteiger partial charge in [-0.25, -0.2) is 0 Å². The van der Waals surface area contributed by atoms with Crippen LogP contribution in [0.1, 0.15) is 55.6 Å². The zero-order valence-corrected chi connectivity index (χ0v) is 10.5. The Labute approximate surface area is 103 Å². The highest BCUT2D eigenvalue weighted by Crippen LogP contribution is 2.33. The third kappa shape index (κ3) is 3.08. The van der Waals surface area contributed by atoms with Crippen LogP contribution < -0.4 is 0 Å². The van der Waals surface area contributed by atoms with Gasteiger partial charge in [0.1, 0.15) is 0 Å². The smallest absolute Gasteiger partial charge is 0.0546 e. The summed E-state index contributed by atoms with van der Waals surface area (Å²) in [5, 5.41) is 18.8. The van der Waals surface area contributed by atoms with Crippen molar-refractivity contribution >= 4 is 0 Å². The minimum absolute atomic E-state index is 0.121. The van der Waals surface area contributed by atoms with Gasteiger partial charge in [-0.05, 0) is 36.3 Å². The van der Waals surface area contributed by atoms with Gasteiger partial charge in [-0.1, -0.05) is 37.6 Å². The molecule has 1 aliphatic rings. The van der Waals surface area contributed by atoms with Crippen molar-refractivity contribution in [3.63, 3.8) is 0 Å². The molecule has 1 unspecified atom stereocenters. The van der Waals surface area contributed by atoms with E-state index in [-0.39, 0.29) is 18.6 Å². The molecule has 1 aromatic carbocycles. The maximum absolute atomic E-state index is 9.69. The number of benzene rings is 1. The zero-order valence-electron chi connectivity index (χ0n) is 10.5. The van der Waals surface area contributed by atoms with Gasteiger partial charge in [-0.15, -0.1) is 0 Å². The first-order valence-electron chi connectivity index (χ1n) is 6.59. The van der Waals surface area contributed by atoms with Crippen molar-refractivity contribution in [3.8, 4) is 0 Å². The second-order valence-corrected chi connectivity index (χ2v) is 5.27. The van der Waals surface area contributed by atoms with E-state index >= 15 is 0 Å². The molecule has 2 N–H and O–H groups in total. The van der Waals surface area contributed by atoms with Gasteiger partial charge >= 0.3 is 0 Å². The summed E-state index contributed by atoms with van der Waals surface area (Å²) in [5.41, 5.74) is 2.52. The summed E-state index contributed by atoms with van der Waals surface area (Å²) in [7, 11) is 0. The zero-order chi connectivity index (χ0) is 12.3. The van der Waals surface area contributed by atoms with Crippen molar-refractivity contribution in [3.05, 3.63) is 35.4 Å². The normalized spacial score (nSPS) is 26.8. The Morgan fingerprint density at radius 3 is 2.53 bits per heavy atom. The van der Waals surface area contributed by atoms with Crippen molar-refractivity contribution in [2.45, 2.75) is 50.5 Å². The maximum atomic E-state index is 9.69. The second kappa shape index (κ2) is 5.65. The molecule has 2 rings (SSSR count). The quantitative estimate of drug-likeness (QED) is 0.844. The van der Waals surface area contributed by atoms with Crippen molar-refractivity contribution in [1.29, 1.82) is 0 Å². The molecule has 2 nitrogen and oxygen atoms in total. The number of aliphatic hydroxyl groups is 2. The lowest BCUT2D eigenvalue weighted by molar-refractivity contribution is 0.119. The Morgan fingerprint density at radius 2 is 1.94 bits per heavy atom. The van der Waals surface area contributed by atoms with Crippen molar-refractivity contribution < 1.29 is 10.2 Å². The van der Waals surface area contributed by atoms with Gasteiger partial charge in [0.05, 0.1) is 6.10 Å². The van der Waals surface area contributed by atoms with Gasteiger partial charge in [0.25, 0.3) is 0 Å². The Morgan fingerprint density at radius 1 is 1.24 bits per heavy atom. The van der Waals surface area contributed by atoms with Gasteiger partial charge in [-0.3, -0.25) is 0 Å². The van der Waals surface area contributed by atoms with Crippen LogP contribution in [-0.4, -0.2) is 22.9 Å². The summed E-state index contributed by atoms with van der Waals surface area (Å²) in [4.78, 5) is 0. The van der Waals surface area contributed by atoms with E-state index in [2.05, 4.69) is 24.3 Å². The number of aliphatic hydroxyl groups excluding tert-OH is 2. The Bertz CT molecular complexity index is 344. The molecule has 0 aromatic heterocycles. The predicted molar refractivity (Wildman–Crippen MR) is 69.2 cm³/mol. The van der Waals surface area contributed by atoms with Crippen LogP contribution >= 0.6 is 0 Å². The Balaban J connectivity index is 2.06. The van der Waals surface area contributed by atoms with Gasteiger partial charge in [0.2, 0.25) is 0 Å². The first-order chi connectivity index (χ1) is 8.20. The fraction of sp³-hybridized carbons (Fsp3) is 0.600. The summed E-state index contributed by atoms with van der Waals surface area (Å²) in [6.07, 6.45) is 4.04. The highest BCUT2D eigenvalue weighted by molar-refractivity contribution is 5.27. The molecule has 0 aliphatic heterocycles. The van der Waals surface area contributed by atoms with E-state index in [0.717, 1.165) is 19.3 Å². The standard InChI is InChI=1S/C15H22O2/c1-11(10-16)12-5-7-13(8-6-12)14-3-2-4-15(17)9-14/h5-8,11,14-17H,2-4,9-10H2,1H3/t11?,14-,15+/m0/s1. The lowest BCUT2D eigenvalue weighted by Crippen LogP contribution is -2.18. The van der Waals surface area contributed by atoms with E-state index < -0.39 is 0 Å². The molecule has 0 amide bonds. The average molecular weight is 234 g/mol. The van der Waals surface area contributed by atoms with Crippen molar-refractivity contribution in [2.24, 2.45) is 0 Å². The molecule has 0 bridgehead atoms. The van der Waals surface area contributed by atoms with Gasteiger partial charge < -0.3 is 10.2 Å².